The van der Waals surface area contributed by atoms with Gasteiger partial charge in [0, 0.05) is 55.4 Å². The molecule has 8 nitrogen and oxygen atoms in total. The predicted octanol–water partition coefficient (Wildman–Crippen LogP) is 3.70. The molecule has 0 saturated heterocycles. The second-order valence-electron chi connectivity index (χ2n) is 10.3. The van der Waals surface area contributed by atoms with Crippen molar-refractivity contribution >= 4 is 15.8 Å². The Balaban J connectivity index is 1.50. The number of pyridine rings is 1. The molecule has 0 atom stereocenters. The first-order valence-electron chi connectivity index (χ1n) is 11.9. The van der Waals surface area contributed by atoms with Crippen LogP contribution in [-0.2, 0) is 29.4 Å². The van der Waals surface area contributed by atoms with Crippen LogP contribution in [0.2, 0.25) is 0 Å². The van der Waals surface area contributed by atoms with Crippen molar-refractivity contribution in [3.8, 4) is 16.9 Å². The molecule has 9 heteroatoms. The van der Waals surface area contributed by atoms with Gasteiger partial charge < -0.3 is 9.64 Å². The Kier molecular flexibility index (Phi) is 6.01. The first-order chi connectivity index (χ1) is 16.6. The van der Waals surface area contributed by atoms with Crippen LogP contribution in [0.3, 0.4) is 0 Å². The van der Waals surface area contributed by atoms with E-state index in [1.807, 2.05) is 12.1 Å². The van der Waals surface area contributed by atoms with Crippen LogP contribution in [-0.4, -0.2) is 54.9 Å². The van der Waals surface area contributed by atoms with E-state index in [1.165, 1.54) is 30.2 Å². The second-order valence-corrected chi connectivity index (χ2v) is 12.4. The monoisotopic (exact) mass is 493 g/mol. The highest BCUT2D eigenvalue weighted by atomic mass is 32.2. The van der Waals surface area contributed by atoms with E-state index < -0.39 is 10.0 Å². The van der Waals surface area contributed by atoms with E-state index >= 15 is 0 Å². The van der Waals surface area contributed by atoms with Gasteiger partial charge in [0.25, 0.3) is 0 Å². The van der Waals surface area contributed by atoms with Crippen molar-refractivity contribution < 1.29 is 13.2 Å². The summed E-state index contributed by atoms with van der Waals surface area (Å²) >= 11 is 0. The molecule has 0 spiro atoms. The lowest BCUT2D eigenvalue weighted by molar-refractivity contribution is 0.310. The Morgan fingerprint density at radius 1 is 1.09 bits per heavy atom. The molecule has 0 saturated carbocycles. The molecule has 2 aliphatic rings. The molecule has 0 N–H and O–H groups in total. The Labute approximate surface area is 207 Å². The Bertz CT molecular complexity index is 1370. The van der Waals surface area contributed by atoms with Gasteiger partial charge >= 0.3 is 0 Å². The van der Waals surface area contributed by atoms with Gasteiger partial charge in [-0.3, -0.25) is 4.98 Å². The Hall–Kier alpha value is -3.04. The van der Waals surface area contributed by atoms with Crippen LogP contribution in [0.15, 0.2) is 47.9 Å². The van der Waals surface area contributed by atoms with E-state index in [1.54, 1.807) is 18.6 Å². The lowest BCUT2D eigenvalue weighted by atomic mass is 9.76. The number of aryl methyl sites for hydroxylation is 1. The highest BCUT2D eigenvalue weighted by Crippen LogP contribution is 2.39. The maximum atomic E-state index is 12.6. The van der Waals surface area contributed by atoms with E-state index in [-0.39, 0.29) is 10.3 Å². The SMILES string of the molecule is CN(C)S(=O)(=O)c1cncc(-c2ccc3c(c2)CN(c2ncnc4c2CC(C)(C)CC4)CCO3)c1. The summed E-state index contributed by atoms with van der Waals surface area (Å²) in [6.07, 6.45) is 7.81. The Morgan fingerprint density at radius 2 is 1.91 bits per heavy atom. The topological polar surface area (TPSA) is 88.5 Å². The standard InChI is InChI=1S/C26H31N5O3S/c1-26(2)8-7-23-22(13-26)25(29-17-28-23)31-9-10-34-24-6-5-18(11-20(24)16-31)19-12-21(15-27-14-19)35(32,33)30(3)4/h5-6,11-12,14-15,17H,7-10,13,16H2,1-4H3. The zero-order valence-corrected chi connectivity index (χ0v) is 21.5. The maximum Gasteiger partial charge on any atom is 0.244 e. The van der Waals surface area contributed by atoms with Crippen LogP contribution in [0.4, 0.5) is 5.82 Å². The molecule has 0 unspecified atom stereocenters. The lowest BCUT2D eigenvalue weighted by Crippen LogP contribution is -2.31. The fourth-order valence-corrected chi connectivity index (χ4v) is 5.71. The minimum atomic E-state index is -3.57. The molecular weight excluding hydrogens is 462 g/mol. The summed E-state index contributed by atoms with van der Waals surface area (Å²) in [7, 11) is -0.536. The second kappa shape index (κ2) is 8.87. The van der Waals surface area contributed by atoms with E-state index in [9.17, 15) is 8.42 Å². The summed E-state index contributed by atoms with van der Waals surface area (Å²) in [5, 5.41) is 0. The largest absolute Gasteiger partial charge is 0.491 e. The van der Waals surface area contributed by atoms with Crippen molar-refractivity contribution in [1.82, 2.24) is 19.3 Å². The number of fused-ring (bicyclic) bond motifs is 2. The fourth-order valence-electron chi connectivity index (χ4n) is 4.81. The highest BCUT2D eigenvalue weighted by Gasteiger charge is 2.30. The van der Waals surface area contributed by atoms with E-state index in [0.29, 0.717) is 13.2 Å². The number of anilines is 1. The van der Waals surface area contributed by atoms with Gasteiger partial charge in [-0.25, -0.2) is 22.7 Å². The van der Waals surface area contributed by atoms with Crippen LogP contribution in [0.5, 0.6) is 5.75 Å². The molecule has 1 aliphatic heterocycles. The predicted molar refractivity (Wildman–Crippen MR) is 135 cm³/mol. The van der Waals surface area contributed by atoms with Crippen LogP contribution in [0.25, 0.3) is 11.1 Å². The third kappa shape index (κ3) is 4.62. The fraction of sp³-hybridized carbons (Fsp3) is 0.423. The van der Waals surface area contributed by atoms with Gasteiger partial charge in [0.05, 0.1) is 6.54 Å². The number of aromatic nitrogens is 3. The van der Waals surface area contributed by atoms with Gasteiger partial charge in [-0.1, -0.05) is 19.9 Å². The van der Waals surface area contributed by atoms with Gasteiger partial charge in [-0.15, -0.1) is 0 Å². The van der Waals surface area contributed by atoms with Gasteiger partial charge in [0.1, 0.15) is 29.4 Å². The average Bonchev–Trinajstić information content (AvgIpc) is 3.05. The molecule has 3 heterocycles. The highest BCUT2D eigenvalue weighted by molar-refractivity contribution is 7.89. The quantitative estimate of drug-likeness (QED) is 0.547. The molecule has 35 heavy (non-hydrogen) atoms. The van der Waals surface area contributed by atoms with Crippen molar-refractivity contribution in [1.29, 1.82) is 0 Å². The molecule has 3 aromatic rings. The van der Waals surface area contributed by atoms with Gasteiger partial charge in [0.15, 0.2) is 0 Å². The number of benzene rings is 1. The summed E-state index contributed by atoms with van der Waals surface area (Å²) in [5.74, 6) is 1.83. The van der Waals surface area contributed by atoms with Crippen LogP contribution >= 0.6 is 0 Å². The van der Waals surface area contributed by atoms with Crippen molar-refractivity contribution in [3.63, 3.8) is 0 Å². The first-order valence-corrected chi connectivity index (χ1v) is 13.3. The summed E-state index contributed by atoms with van der Waals surface area (Å²) in [6, 6.07) is 7.64. The number of hydrogen-bond acceptors (Lipinski definition) is 7. The first kappa shape index (κ1) is 23.7. The molecule has 0 fully saturated rings. The summed E-state index contributed by atoms with van der Waals surface area (Å²) in [6.45, 7) is 6.55. The molecule has 1 aromatic carbocycles. The average molecular weight is 494 g/mol. The molecule has 184 valence electrons. The number of rotatable bonds is 4. The van der Waals surface area contributed by atoms with Gasteiger partial charge in [-0.05, 0) is 48.4 Å². The van der Waals surface area contributed by atoms with E-state index in [4.69, 9.17) is 9.72 Å². The van der Waals surface area contributed by atoms with Crippen molar-refractivity contribution in [2.45, 2.75) is 44.6 Å². The zero-order valence-electron chi connectivity index (χ0n) is 20.7. The molecule has 2 aromatic heterocycles. The third-order valence-electron chi connectivity index (χ3n) is 6.87. The van der Waals surface area contributed by atoms with Crippen molar-refractivity contribution in [2.24, 2.45) is 5.41 Å². The third-order valence-corrected chi connectivity index (χ3v) is 8.65. The van der Waals surface area contributed by atoms with Gasteiger partial charge in [0.2, 0.25) is 10.0 Å². The summed E-state index contributed by atoms with van der Waals surface area (Å²) in [4.78, 5) is 15.9. The van der Waals surface area contributed by atoms with Crippen LogP contribution in [0.1, 0.15) is 37.1 Å². The summed E-state index contributed by atoms with van der Waals surface area (Å²) < 4.78 is 32.5. The zero-order chi connectivity index (χ0) is 24.8. The number of nitrogens with zero attached hydrogens (tertiary/aromatic N) is 5. The van der Waals surface area contributed by atoms with Crippen molar-refractivity contribution in [3.05, 3.63) is 59.8 Å². The molecule has 1 aliphatic carbocycles. The smallest absolute Gasteiger partial charge is 0.244 e. The van der Waals surface area contributed by atoms with Crippen molar-refractivity contribution in [2.75, 3.05) is 32.1 Å². The molecule has 0 radical (unpaired) electrons. The molecule has 0 amide bonds. The molecule has 5 rings (SSSR count). The van der Waals surface area contributed by atoms with Gasteiger partial charge in [-0.2, -0.15) is 0 Å². The molecular formula is C26H31N5O3S. The number of ether oxygens (including phenoxy) is 1. The lowest BCUT2D eigenvalue weighted by Gasteiger charge is -2.33. The summed E-state index contributed by atoms with van der Waals surface area (Å²) in [5.41, 5.74) is 5.29. The normalized spacial score (nSPS) is 17.3. The maximum absolute atomic E-state index is 12.6. The van der Waals surface area contributed by atoms with E-state index in [0.717, 1.165) is 59.8 Å². The Morgan fingerprint density at radius 3 is 2.71 bits per heavy atom. The molecule has 0 bridgehead atoms. The number of sulfonamides is 1. The van der Waals surface area contributed by atoms with E-state index in [2.05, 4.69) is 34.8 Å². The minimum absolute atomic E-state index is 0.169. The number of hydrogen-bond donors (Lipinski definition) is 0. The minimum Gasteiger partial charge on any atom is -0.491 e. The van der Waals surface area contributed by atoms with Crippen LogP contribution in [0, 0.1) is 5.41 Å². The van der Waals surface area contributed by atoms with Crippen LogP contribution < -0.4 is 9.64 Å².